The van der Waals surface area contributed by atoms with Gasteiger partial charge in [-0.05, 0) is 54.3 Å². The number of rotatable bonds is 7. The molecule has 0 saturated carbocycles. The number of amides is 1. The van der Waals surface area contributed by atoms with Crippen LogP contribution in [0.25, 0.3) is 10.9 Å². The number of hydrogen-bond acceptors (Lipinski definition) is 2. The monoisotopic (exact) mass is 409 g/mol. The van der Waals surface area contributed by atoms with Gasteiger partial charge < -0.3 is 20.5 Å². The predicted octanol–water partition coefficient (Wildman–Crippen LogP) is 2.96. The fourth-order valence-corrected chi connectivity index (χ4v) is 3.34. The van der Waals surface area contributed by atoms with E-state index < -0.39 is 0 Å². The van der Waals surface area contributed by atoms with Crippen LogP contribution in [0.3, 0.4) is 0 Å². The first-order valence-electron chi connectivity index (χ1n) is 9.98. The quantitative estimate of drug-likeness (QED) is 0.415. The summed E-state index contributed by atoms with van der Waals surface area (Å²) in [6.07, 6.45) is 3.44. The first-order valence-corrected chi connectivity index (χ1v) is 9.98. The van der Waals surface area contributed by atoms with Gasteiger partial charge in [0.2, 0.25) is 0 Å². The average molecular weight is 410 g/mol. The van der Waals surface area contributed by atoms with E-state index in [1.165, 1.54) is 6.07 Å². The van der Waals surface area contributed by atoms with Gasteiger partial charge in [-0.3, -0.25) is 9.79 Å². The van der Waals surface area contributed by atoms with Crippen molar-refractivity contribution < 1.29 is 9.18 Å². The third-order valence-electron chi connectivity index (χ3n) is 4.93. The second-order valence-corrected chi connectivity index (χ2v) is 7.33. The summed E-state index contributed by atoms with van der Waals surface area (Å²) >= 11 is 0. The van der Waals surface area contributed by atoms with Gasteiger partial charge in [-0.15, -0.1) is 0 Å². The van der Waals surface area contributed by atoms with Crippen LogP contribution in [0.5, 0.6) is 0 Å². The molecule has 6 nitrogen and oxygen atoms in total. The Morgan fingerprint density at radius 2 is 1.87 bits per heavy atom. The minimum atomic E-state index is -0.231. The third kappa shape index (κ3) is 5.37. The second kappa shape index (κ2) is 9.91. The summed E-state index contributed by atoms with van der Waals surface area (Å²) in [5.74, 6) is 0.478. The highest BCUT2D eigenvalue weighted by atomic mass is 19.1. The lowest BCUT2D eigenvalue weighted by atomic mass is 10.1. The highest BCUT2D eigenvalue weighted by Gasteiger charge is 2.08. The van der Waals surface area contributed by atoms with E-state index in [4.69, 9.17) is 0 Å². The topological polar surface area (TPSA) is 72.5 Å². The SMILES string of the molecule is CN=C(NCCc1cccc(C(=O)N(C)C)c1)NCCc1c[nH]c2ccc(F)cc12. The molecule has 0 aliphatic carbocycles. The van der Waals surface area contributed by atoms with Gasteiger partial charge in [0.05, 0.1) is 0 Å². The van der Waals surface area contributed by atoms with E-state index in [1.807, 2.05) is 30.5 Å². The van der Waals surface area contributed by atoms with Crippen molar-refractivity contribution in [3.05, 3.63) is 71.2 Å². The van der Waals surface area contributed by atoms with Gasteiger partial charge in [0, 0.05) is 56.9 Å². The highest BCUT2D eigenvalue weighted by molar-refractivity contribution is 5.94. The van der Waals surface area contributed by atoms with Crippen molar-refractivity contribution >= 4 is 22.8 Å². The maximum atomic E-state index is 13.5. The van der Waals surface area contributed by atoms with Crippen LogP contribution >= 0.6 is 0 Å². The Kier molecular flexibility index (Phi) is 7.06. The number of hydrogen-bond donors (Lipinski definition) is 3. The zero-order valence-corrected chi connectivity index (χ0v) is 17.6. The number of fused-ring (bicyclic) bond motifs is 1. The summed E-state index contributed by atoms with van der Waals surface area (Å²) in [7, 11) is 5.23. The van der Waals surface area contributed by atoms with Gasteiger partial charge in [-0.2, -0.15) is 0 Å². The van der Waals surface area contributed by atoms with Crippen molar-refractivity contribution in [3.63, 3.8) is 0 Å². The lowest BCUT2D eigenvalue weighted by Gasteiger charge is -2.13. The van der Waals surface area contributed by atoms with Crippen molar-refractivity contribution in [2.75, 3.05) is 34.2 Å². The van der Waals surface area contributed by atoms with Crippen molar-refractivity contribution in [2.45, 2.75) is 12.8 Å². The van der Waals surface area contributed by atoms with E-state index in [-0.39, 0.29) is 11.7 Å². The summed E-state index contributed by atoms with van der Waals surface area (Å²) < 4.78 is 13.5. The summed E-state index contributed by atoms with van der Waals surface area (Å²) in [6.45, 7) is 1.37. The number of benzene rings is 2. The average Bonchev–Trinajstić information content (AvgIpc) is 3.14. The van der Waals surface area contributed by atoms with Crippen LogP contribution in [-0.2, 0) is 12.8 Å². The number of carbonyl (C=O) groups excluding carboxylic acids is 1. The first kappa shape index (κ1) is 21.4. The van der Waals surface area contributed by atoms with Gasteiger partial charge >= 0.3 is 0 Å². The Labute approximate surface area is 176 Å². The Morgan fingerprint density at radius 1 is 1.10 bits per heavy atom. The molecule has 3 rings (SSSR count). The molecule has 0 atom stereocenters. The van der Waals surface area contributed by atoms with E-state index in [9.17, 15) is 9.18 Å². The highest BCUT2D eigenvalue weighted by Crippen LogP contribution is 2.19. The van der Waals surface area contributed by atoms with Crippen molar-refractivity contribution in [1.82, 2.24) is 20.5 Å². The minimum absolute atomic E-state index is 0.000511. The number of aliphatic imine (C=N–C) groups is 1. The summed E-state index contributed by atoms with van der Waals surface area (Å²) in [5.41, 5.74) is 3.78. The zero-order chi connectivity index (χ0) is 21.5. The summed E-state index contributed by atoms with van der Waals surface area (Å²) in [4.78, 5) is 21.1. The summed E-state index contributed by atoms with van der Waals surface area (Å²) in [6, 6.07) is 12.4. The lowest BCUT2D eigenvalue weighted by Crippen LogP contribution is -2.39. The second-order valence-electron chi connectivity index (χ2n) is 7.33. The van der Waals surface area contributed by atoms with Crippen LogP contribution in [0.2, 0.25) is 0 Å². The lowest BCUT2D eigenvalue weighted by molar-refractivity contribution is 0.0827. The number of nitrogens with zero attached hydrogens (tertiary/aromatic N) is 2. The Hall–Kier alpha value is -3.35. The zero-order valence-electron chi connectivity index (χ0n) is 17.6. The molecular weight excluding hydrogens is 381 g/mol. The maximum absolute atomic E-state index is 13.5. The van der Waals surface area contributed by atoms with Crippen molar-refractivity contribution in [1.29, 1.82) is 0 Å². The van der Waals surface area contributed by atoms with Crippen LogP contribution in [0, 0.1) is 5.82 Å². The summed E-state index contributed by atoms with van der Waals surface area (Å²) in [5, 5.41) is 7.49. The van der Waals surface area contributed by atoms with Crippen molar-refractivity contribution in [3.8, 4) is 0 Å². The molecular formula is C23H28FN5O. The molecule has 3 N–H and O–H groups in total. The standard InChI is InChI=1S/C23H28FN5O/c1-25-23(26-11-9-16-5-4-6-17(13-16)22(30)29(2)3)27-12-10-18-15-28-21-8-7-19(24)14-20(18)21/h4-8,13-15,28H,9-12H2,1-3H3,(H2,25,26,27). The largest absolute Gasteiger partial charge is 0.361 e. The van der Waals surface area contributed by atoms with Gasteiger partial charge in [0.25, 0.3) is 5.91 Å². The van der Waals surface area contributed by atoms with Crippen LogP contribution in [0.4, 0.5) is 4.39 Å². The smallest absolute Gasteiger partial charge is 0.253 e. The molecule has 158 valence electrons. The maximum Gasteiger partial charge on any atom is 0.253 e. The van der Waals surface area contributed by atoms with Crippen molar-refractivity contribution in [2.24, 2.45) is 4.99 Å². The molecule has 0 bridgehead atoms. The van der Waals surface area contributed by atoms with Crippen LogP contribution in [-0.4, -0.2) is 56.0 Å². The van der Waals surface area contributed by atoms with Gasteiger partial charge in [0.1, 0.15) is 5.82 Å². The molecule has 0 aliphatic rings. The van der Waals surface area contributed by atoms with E-state index >= 15 is 0 Å². The minimum Gasteiger partial charge on any atom is -0.361 e. The molecule has 30 heavy (non-hydrogen) atoms. The molecule has 0 spiro atoms. The molecule has 1 heterocycles. The van der Waals surface area contributed by atoms with Gasteiger partial charge in [-0.25, -0.2) is 4.39 Å². The molecule has 0 saturated heterocycles. The van der Waals surface area contributed by atoms with E-state index in [2.05, 4.69) is 20.6 Å². The fraction of sp³-hybridized carbons (Fsp3) is 0.304. The number of aromatic amines is 1. The fourth-order valence-electron chi connectivity index (χ4n) is 3.34. The third-order valence-corrected chi connectivity index (χ3v) is 4.93. The number of nitrogens with one attached hydrogen (secondary N) is 3. The first-order chi connectivity index (χ1) is 14.5. The van der Waals surface area contributed by atoms with E-state index in [0.29, 0.717) is 24.6 Å². The molecule has 0 radical (unpaired) electrons. The molecule has 1 aromatic heterocycles. The molecule has 7 heteroatoms. The van der Waals surface area contributed by atoms with Crippen LogP contribution in [0.1, 0.15) is 21.5 Å². The molecule has 0 fully saturated rings. The Bertz CT molecular complexity index is 1040. The van der Waals surface area contributed by atoms with Gasteiger partial charge in [-0.1, -0.05) is 12.1 Å². The van der Waals surface area contributed by atoms with Crippen LogP contribution in [0.15, 0.2) is 53.7 Å². The number of H-pyrrole nitrogens is 1. The molecule has 1 amide bonds. The van der Waals surface area contributed by atoms with E-state index in [0.717, 1.165) is 34.9 Å². The number of aromatic nitrogens is 1. The normalized spacial score (nSPS) is 11.5. The van der Waals surface area contributed by atoms with E-state index in [1.54, 1.807) is 38.2 Å². The molecule has 2 aromatic carbocycles. The predicted molar refractivity (Wildman–Crippen MR) is 119 cm³/mol. The molecule has 3 aromatic rings. The Morgan fingerprint density at radius 3 is 2.60 bits per heavy atom. The van der Waals surface area contributed by atoms with Gasteiger partial charge in [0.15, 0.2) is 5.96 Å². The van der Waals surface area contributed by atoms with Crippen LogP contribution < -0.4 is 10.6 Å². The molecule has 0 unspecified atom stereocenters. The number of guanidine groups is 1. The number of halogens is 1. The number of carbonyl (C=O) groups is 1. The molecule has 0 aliphatic heterocycles. The Balaban J connectivity index is 1.48.